The normalized spacial score (nSPS) is 29.3. The summed E-state index contributed by atoms with van der Waals surface area (Å²) in [5, 5.41) is 0.574. The molecular formula is C18H21ClN2O2. The van der Waals surface area contributed by atoms with Crippen LogP contribution in [0.15, 0.2) is 24.3 Å². The van der Waals surface area contributed by atoms with Gasteiger partial charge in [0.15, 0.2) is 0 Å². The highest BCUT2D eigenvalue weighted by Gasteiger charge is 2.48. The van der Waals surface area contributed by atoms with Crippen molar-refractivity contribution in [1.82, 2.24) is 9.80 Å². The van der Waals surface area contributed by atoms with Gasteiger partial charge in [0, 0.05) is 42.7 Å². The molecule has 1 heterocycles. The van der Waals surface area contributed by atoms with E-state index in [0.29, 0.717) is 42.7 Å². The molecule has 3 fully saturated rings. The highest BCUT2D eigenvalue weighted by molar-refractivity contribution is 6.30. The average Bonchev–Trinajstić information content (AvgIpc) is 3.19. The first-order valence-corrected chi connectivity index (χ1v) is 8.83. The van der Waals surface area contributed by atoms with Crippen LogP contribution >= 0.6 is 11.6 Å². The van der Waals surface area contributed by atoms with Crippen molar-refractivity contribution >= 4 is 23.4 Å². The third-order valence-electron chi connectivity index (χ3n) is 5.54. The number of piperazine rings is 1. The molecular weight excluding hydrogens is 312 g/mol. The first-order chi connectivity index (χ1) is 11.1. The van der Waals surface area contributed by atoms with Gasteiger partial charge < -0.3 is 9.80 Å². The zero-order valence-electron chi connectivity index (χ0n) is 13.1. The predicted octanol–water partition coefficient (Wildman–Crippen LogP) is 2.67. The Labute approximate surface area is 141 Å². The van der Waals surface area contributed by atoms with Crippen LogP contribution in [-0.4, -0.2) is 47.8 Å². The number of rotatable bonds is 2. The van der Waals surface area contributed by atoms with Crippen molar-refractivity contribution in [1.29, 1.82) is 0 Å². The molecule has 0 radical (unpaired) electrons. The van der Waals surface area contributed by atoms with Gasteiger partial charge in [0.2, 0.25) is 5.91 Å². The molecule has 2 aliphatic carbocycles. The Bertz CT molecular complexity index is 630. The standard InChI is InChI=1S/C18H21ClN2O2/c19-16-3-1-2-12(11-16)17(22)20-4-6-21(7-5-20)18(23)15-9-13-8-14(13)10-15/h1-3,11,13-15H,4-10H2/t13-,14+,15?. The van der Waals surface area contributed by atoms with Crippen LogP contribution < -0.4 is 0 Å². The number of carbonyl (C=O) groups excluding carboxylic acids is 2. The van der Waals surface area contributed by atoms with E-state index in [1.807, 2.05) is 9.80 Å². The molecule has 1 aromatic rings. The summed E-state index contributed by atoms with van der Waals surface area (Å²) in [5.41, 5.74) is 0.619. The van der Waals surface area contributed by atoms with E-state index in [1.54, 1.807) is 24.3 Å². The Morgan fingerprint density at radius 2 is 1.61 bits per heavy atom. The number of fused-ring (bicyclic) bond motifs is 1. The van der Waals surface area contributed by atoms with Crippen LogP contribution in [0.2, 0.25) is 5.02 Å². The predicted molar refractivity (Wildman–Crippen MR) is 88.3 cm³/mol. The lowest BCUT2D eigenvalue weighted by Crippen LogP contribution is -2.51. The van der Waals surface area contributed by atoms with Crippen LogP contribution in [0, 0.1) is 17.8 Å². The zero-order valence-corrected chi connectivity index (χ0v) is 13.8. The second kappa shape index (κ2) is 5.82. The molecule has 1 aromatic carbocycles. The van der Waals surface area contributed by atoms with Gasteiger partial charge in [-0.25, -0.2) is 0 Å². The van der Waals surface area contributed by atoms with Gasteiger partial charge >= 0.3 is 0 Å². The molecule has 4 rings (SSSR count). The van der Waals surface area contributed by atoms with Crippen LogP contribution in [0.1, 0.15) is 29.6 Å². The number of hydrogen-bond acceptors (Lipinski definition) is 2. The summed E-state index contributed by atoms with van der Waals surface area (Å²) in [5.74, 6) is 2.21. The Balaban J connectivity index is 1.33. The first kappa shape index (κ1) is 15.0. The molecule has 1 aliphatic heterocycles. The molecule has 3 atom stereocenters. The van der Waals surface area contributed by atoms with Crippen molar-refractivity contribution in [3.05, 3.63) is 34.9 Å². The van der Waals surface area contributed by atoms with Crippen LogP contribution in [0.4, 0.5) is 0 Å². The fourth-order valence-electron chi connectivity index (χ4n) is 4.11. The van der Waals surface area contributed by atoms with E-state index in [0.717, 1.165) is 24.7 Å². The van der Waals surface area contributed by atoms with Crippen LogP contribution in [0.25, 0.3) is 0 Å². The van der Waals surface area contributed by atoms with Gasteiger partial charge in [0.05, 0.1) is 0 Å². The largest absolute Gasteiger partial charge is 0.339 e. The maximum Gasteiger partial charge on any atom is 0.254 e. The summed E-state index contributed by atoms with van der Waals surface area (Å²) in [7, 11) is 0. The van der Waals surface area contributed by atoms with Gasteiger partial charge in [0.1, 0.15) is 0 Å². The molecule has 0 spiro atoms. The van der Waals surface area contributed by atoms with Gasteiger partial charge in [-0.05, 0) is 49.3 Å². The van der Waals surface area contributed by atoms with Crippen LogP contribution in [0.3, 0.4) is 0 Å². The van der Waals surface area contributed by atoms with E-state index in [1.165, 1.54) is 6.42 Å². The zero-order chi connectivity index (χ0) is 16.0. The first-order valence-electron chi connectivity index (χ1n) is 8.45. The average molecular weight is 333 g/mol. The van der Waals surface area contributed by atoms with Crippen molar-refractivity contribution in [3.63, 3.8) is 0 Å². The van der Waals surface area contributed by atoms with E-state index in [-0.39, 0.29) is 11.8 Å². The Hall–Kier alpha value is -1.55. The minimum Gasteiger partial charge on any atom is -0.339 e. The number of carbonyl (C=O) groups is 2. The molecule has 2 saturated carbocycles. The summed E-state index contributed by atoms with van der Waals surface area (Å²) >= 11 is 5.96. The lowest BCUT2D eigenvalue weighted by atomic mass is 10.0. The van der Waals surface area contributed by atoms with Gasteiger partial charge in [-0.3, -0.25) is 9.59 Å². The van der Waals surface area contributed by atoms with E-state index < -0.39 is 0 Å². The summed E-state index contributed by atoms with van der Waals surface area (Å²) in [6.07, 6.45) is 3.52. The number of amides is 2. The molecule has 3 aliphatic rings. The molecule has 0 bridgehead atoms. The summed E-state index contributed by atoms with van der Waals surface area (Å²) in [4.78, 5) is 28.8. The molecule has 122 valence electrons. The smallest absolute Gasteiger partial charge is 0.254 e. The highest BCUT2D eigenvalue weighted by atomic mass is 35.5. The molecule has 4 nitrogen and oxygen atoms in total. The third-order valence-corrected chi connectivity index (χ3v) is 5.78. The molecule has 0 N–H and O–H groups in total. The van der Waals surface area contributed by atoms with E-state index in [4.69, 9.17) is 11.6 Å². The molecule has 1 saturated heterocycles. The lowest BCUT2D eigenvalue weighted by Gasteiger charge is -2.36. The maximum absolute atomic E-state index is 12.6. The quantitative estimate of drug-likeness (QED) is 0.835. The summed E-state index contributed by atoms with van der Waals surface area (Å²) in [6, 6.07) is 7.05. The van der Waals surface area contributed by atoms with Gasteiger partial charge in [-0.15, -0.1) is 0 Å². The lowest BCUT2D eigenvalue weighted by molar-refractivity contribution is -0.137. The fourth-order valence-corrected chi connectivity index (χ4v) is 4.30. The van der Waals surface area contributed by atoms with Crippen molar-refractivity contribution < 1.29 is 9.59 Å². The Morgan fingerprint density at radius 3 is 2.26 bits per heavy atom. The van der Waals surface area contributed by atoms with Gasteiger partial charge in [-0.2, -0.15) is 0 Å². The second-order valence-corrected chi connectivity index (χ2v) is 7.49. The molecule has 23 heavy (non-hydrogen) atoms. The monoisotopic (exact) mass is 332 g/mol. The van der Waals surface area contributed by atoms with E-state index in [2.05, 4.69) is 0 Å². The molecule has 0 aromatic heterocycles. The second-order valence-electron chi connectivity index (χ2n) is 7.05. The Kier molecular flexibility index (Phi) is 3.80. The highest BCUT2D eigenvalue weighted by Crippen LogP contribution is 2.54. The molecule has 5 heteroatoms. The third kappa shape index (κ3) is 2.97. The number of nitrogens with zero attached hydrogens (tertiary/aromatic N) is 2. The number of hydrogen-bond donors (Lipinski definition) is 0. The van der Waals surface area contributed by atoms with Crippen molar-refractivity contribution in [2.75, 3.05) is 26.2 Å². The molecule has 2 amide bonds. The maximum atomic E-state index is 12.6. The van der Waals surface area contributed by atoms with Gasteiger partial charge in [0.25, 0.3) is 5.91 Å². The fraction of sp³-hybridized carbons (Fsp3) is 0.556. The minimum absolute atomic E-state index is 0.00158. The van der Waals surface area contributed by atoms with Gasteiger partial charge in [-0.1, -0.05) is 17.7 Å². The SMILES string of the molecule is O=C(c1cccc(Cl)c1)N1CCN(C(=O)C2C[C@@H]3C[C@@H]3C2)CC1. The van der Waals surface area contributed by atoms with Crippen molar-refractivity contribution in [2.24, 2.45) is 17.8 Å². The van der Waals surface area contributed by atoms with E-state index >= 15 is 0 Å². The van der Waals surface area contributed by atoms with Crippen molar-refractivity contribution in [2.45, 2.75) is 19.3 Å². The number of halogens is 1. The minimum atomic E-state index is 0.00158. The summed E-state index contributed by atoms with van der Waals surface area (Å²) in [6.45, 7) is 2.52. The van der Waals surface area contributed by atoms with Crippen LogP contribution in [-0.2, 0) is 4.79 Å². The Morgan fingerprint density at radius 1 is 0.957 bits per heavy atom. The topological polar surface area (TPSA) is 40.6 Å². The van der Waals surface area contributed by atoms with Crippen LogP contribution in [0.5, 0.6) is 0 Å². The summed E-state index contributed by atoms with van der Waals surface area (Å²) < 4.78 is 0. The number of benzene rings is 1. The van der Waals surface area contributed by atoms with E-state index in [9.17, 15) is 9.59 Å². The molecule has 1 unspecified atom stereocenters. The van der Waals surface area contributed by atoms with Crippen molar-refractivity contribution in [3.8, 4) is 0 Å².